The normalized spacial score (nSPS) is 15.6. The summed E-state index contributed by atoms with van der Waals surface area (Å²) in [4.78, 5) is 12.2. The zero-order valence-electron chi connectivity index (χ0n) is 13.6. The van der Waals surface area contributed by atoms with Crippen molar-refractivity contribution >= 4 is 21.6 Å². The van der Waals surface area contributed by atoms with E-state index in [2.05, 4.69) is 5.32 Å². The molecule has 2 aromatic carbocycles. The largest absolute Gasteiger partial charge is 0.379 e. The van der Waals surface area contributed by atoms with Crippen molar-refractivity contribution in [3.63, 3.8) is 0 Å². The second-order valence-electron chi connectivity index (χ2n) is 5.62. The van der Waals surface area contributed by atoms with Crippen LogP contribution in [0.2, 0.25) is 0 Å². The lowest BCUT2D eigenvalue weighted by atomic mass is 10.2. The van der Waals surface area contributed by atoms with E-state index in [1.165, 1.54) is 28.6 Å². The van der Waals surface area contributed by atoms with Gasteiger partial charge in [0.1, 0.15) is 11.6 Å². The van der Waals surface area contributed by atoms with E-state index in [-0.39, 0.29) is 29.2 Å². The van der Waals surface area contributed by atoms with E-state index in [0.29, 0.717) is 13.2 Å². The summed E-state index contributed by atoms with van der Waals surface area (Å²) in [6.07, 6.45) is 0. The quantitative estimate of drug-likeness (QED) is 0.880. The van der Waals surface area contributed by atoms with Crippen LogP contribution in [0.15, 0.2) is 47.4 Å². The first-order chi connectivity index (χ1) is 12.4. The lowest BCUT2D eigenvalue weighted by Gasteiger charge is -2.26. The summed E-state index contributed by atoms with van der Waals surface area (Å²) in [6, 6.07) is 7.97. The molecule has 9 heteroatoms. The number of amides is 1. The fraction of sp³-hybridized carbons (Fsp3) is 0.235. The van der Waals surface area contributed by atoms with Gasteiger partial charge in [0.2, 0.25) is 10.0 Å². The second kappa shape index (κ2) is 7.48. The molecule has 0 saturated carbocycles. The number of ether oxygens (including phenoxy) is 1. The number of morpholine rings is 1. The third-order valence-corrected chi connectivity index (χ3v) is 5.81. The van der Waals surface area contributed by atoms with Gasteiger partial charge in [-0.05, 0) is 36.4 Å². The number of anilines is 1. The van der Waals surface area contributed by atoms with E-state index in [0.717, 1.165) is 18.2 Å². The lowest BCUT2D eigenvalue weighted by Crippen LogP contribution is -2.40. The van der Waals surface area contributed by atoms with Crippen molar-refractivity contribution in [2.24, 2.45) is 0 Å². The van der Waals surface area contributed by atoms with Crippen LogP contribution in [0.1, 0.15) is 10.4 Å². The van der Waals surface area contributed by atoms with E-state index in [1.807, 2.05) is 0 Å². The molecule has 0 atom stereocenters. The molecule has 0 spiro atoms. The zero-order valence-corrected chi connectivity index (χ0v) is 14.4. The van der Waals surface area contributed by atoms with Crippen LogP contribution in [0, 0.1) is 11.6 Å². The summed E-state index contributed by atoms with van der Waals surface area (Å²) >= 11 is 0. The molecule has 1 aliphatic rings. The molecule has 1 amide bonds. The Hall–Kier alpha value is -2.36. The number of nitrogens with one attached hydrogen (secondary N) is 1. The maximum atomic E-state index is 13.6. The average Bonchev–Trinajstić information content (AvgIpc) is 2.65. The van der Waals surface area contributed by atoms with E-state index in [9.17, 15) is 22.0 Å². The average molecular weight is 382 g/mol. The molecule has 0 radical (unpaired) electrons. The molecule has 0 bridgehead atoms. The summed E-state index contributed by atoms with van der Waals surface area (Å²) in [7, 11) is -3.66. The molecule has 1 aliphatic heterocycles. The lowest BCUT2D eigenvalue weighted by molar-refractivity contribution is 0.0730. The number of halogens is 2. The molecule has 2 aromatic rings. The van der Waals surface area contributed by atoms with Crippen molar-refractivity contribution in [3.8, 4) is 0 Å². The maximum Gasteiger partial charge on any atom is 0.255 e. The minimum absolute atomic E-state index is 0.0490. The van der Waals surface area contributed by atoms with Crippen molar-refractivity contribution in [2.75, 3.05) is 31.6 Å². The summed E-state index contributed by atoms with van der Waals surface area (Å²) in [5, 5.41) is 2.26. The van der Waals surface area contributed by atoms with Crippen LogP contribution >= 0.6 is 0 Å². The Balaban J connectivity index is 1.76. The first-order valence-electron chi connectivity index (χ1n) is 7.82. The summed E-state index contributed by atoms with van der Waals surface area (Å²) < 4.78 is 58.3. The highest BCUT2D eigenvalue weighted by Crippen LogP contribution is 2.19. The molecule has 1 saturated heterocycles. The predicted octanol–water partition coefficient (Wildman–Crippen LogP) is 2.24. The minimum Gasteiger partial charge on any atom is -0.379 e. The zero-order chi connectivity index (χ0) is 18.7. The van der Waals surface area contributed by atoms with E-state index in [1.54, 1.807) is 0 Å². The molecule has 6 nitrogen and oxygen atoms in total. The highest BCUT2D eigenvalue weighted by Gasteiger charge is 2.26. The molecule has 1 N–H and O–H groups in total. The molecular formula is C17H16F2N2O4S. The number of nitrogens with zero attached hydrogens (tertiary/aromatic N) is 1. The molecular weight excluding hydrogens is 366 g/mol. The van der Waals surface area contributed by atoms with Crippen molar-refractivity contribution in [1.29, 1.82) is 0 Å². The van der Waals surface area contributed by atoms with Crippen LogP contribution < -0.4 is 5.32 Å². The molecule has 1 fully saturated rings. The van der Waals surface area contributed by atoms with Crippen LogP contribution in [-0.2, 0) is 14.8 Å². The fourth-order valence-corrected chi connectivity index (χ4v) is 3.91. The van der Waals surface area contributed by atoms with Crippen LogP contribution in [0.4, 0.5) is 14.5 Å². The van der Waals surface area contributed by atoms with Gasteiger partial charge in [0.05, 0.1) is 23.8 Å². The molecule has 138 valence electrons. The third-order valence-electron chi connectivity index (χ3n) is 3.90. The Labute approximate surface area is 149 Å². The van der Waals surface area contributed by atoms with Crippen LogP contribution in [0.25, 0.3) is 0 Å². The number of carbonyl (C=O) groups excluding carboxylic acids is 1. The molecule has 0 aliphatic carbocycles. The van der Waals surface area contributed by atoms with E-state index in [4.69, 9.17) is 4.74 Å². The van der Waals surface area contributed by atoms with Crippen molar-refractivity contribution in [3.05, 3.63) is 59.7 Å². The summed E-state index contributed by atoms with van der Waals surface area (Å²) in [5.74, 6) is -2.13. The maximum absolute atomic E-state index is 13.6. The minimum atomic E-state index is -3.66. The van der Waals surface area contributed by atoms with Gasteiger partial charge < -0.3 is 10.1 Å². The highest BCUT2D eigenvalue weighted by atomic mass is 32.2. The van der Waals surface area contributed by atoms with Crippen LogP contribution in [0.5, 0.6) is 0 Å². The van der Waals surface area contributed by atoms with Crippen molar-refractivity contribution < 1.29 is 26.7 Å². The SMILES string of the molecule is O=C(Nc1cc(F)ccc1F)c1ccc(S(=O)(=O)N2CCOCC2)cc1. The number of hydrogen-bond donors (Lipinski definition) is 1. The van der Waals surface area contributed by atoms with E-state index >= 15 is 0 Å². The first kappa shape index (κ1) is 18.4. The molecule has 0 aromatic heterocycles. The van der Waals surface area contributed by atoms with Gasteiger partial charge in [-0.3, -0.25) is 4.79 Å². The number of sulfonamides is 1. The Morgan fingerprint density at radius 2 is 1.69 bits per heavy atom. The van der Waals surface area contributed by atoms with Crippen molar-refractivity contribution in [1.82, 2.24) is 4.31 Å². The Kier molecular flexibility index (Phi) is 5.30. The van der Waals surface area contributed by atoms with Crippen LogP contribution in [0.3, 0.4) is 0 Å². The van der Waals surface area contributed by atoms with Gasteiger partial charge in [-0.25, -0.2) is 17.2 Å². The molecule has 0 unspecified atom stereocenters. The van der Waals surface area contributed by atoms with Gasteiger partial charge in [-0.2, -0.15) is 4.31 Å². The van der Waals surface area contributed by atoms with Gasteiger partial charge in [-0.15, -0.1) is 0 Å². The standard InChI is InChI=1S/C17H16F2N2O4S/c18-13-3-6-15(19)16(11-13)20-17(22)12-1-4-14(5-2-12)26(23,24)21-7-9-25-10-8-21/h1-6,11H,7-10H2,(H,20,22). The molecule has 3 rings (SSSR count). The van der Waals surface area contributed by atoms with Gasteiger partial charge in [0.25, 0.3) is 5.91 Å². The van der Waals surface area contributed by atoms with Gasteiger partial charge in [-0.1, -0.05) is 0 Å². The van der Waals surface area contributed by atoms with Gasteiger partial charge >= 0.3 is 0 Å². The second-order valence-corrected chi connectivity index (χ2v) is 7.56. The smallest absolute Gasteiger partial charge is 0.255 e. The topological polar surface area (TPSA) is 75.7 Å². The monoisotopic (exact) mass is 382 g/mol. The summed E-state index contributed by atoms with van der Waals surface area (Å²) in [5.41, 5.74) is -0.172. The third kappa shape index (κ3) is 3.90. The Morgan fingerprint density at radius 3 is 2.35 bits per heavy atom. The molecule has 26 heavy (non-hydrogen) atoms. The number of rotatable bonds is 4. The number of carbonyl (C=O) groups is 1. The highest BCUT2D eigenvalue weighted by molar-refractivity contribution is 7.89. The van der Waals surface area contributed by atoms with Crippen LogP contribution in [-0.4, -0.2) is 44.9 Å². The van der Waals surface area contributed by atoms with Gasteiger partial charge in [0.15, 0.2) is 0 Å². The van der Waals surface area contributed by atoms with Crippen molar-refractivity contribution in [2.45, 2.75) is 4.90 Å². The summed E-state index contributed by atoms with van der Waals surface area (Å²) in [6.45, 7) is 1.20. The Morgan fingerprint density at radius 1 is 1.04 bits per heavy atom. The fourth-order valence-electron chi connectivity index (χ4n) is 2.50. The van der Waals surface area contributed by atoms with Gasteiger partial charge in [0, 0.05) is 24.7 Å². The predicted molar refractivity (Wildman–Crippen MR) is 90.3 cm³/mol. The van der Waals surface area contributed by atoms with E-state index < -0.39 is 27.6 Å². The number of hydrogen-bond acceptors (Lipinski definition) is 4. The molecule has 1 heterocycles. The number of benzene rings is 2. The Bertz CT molecular complexity index is 911. The first-order valence-corrected chi connectivity index (χ1v) is 9.26.